The highest BCUT2D eigenvalue weighted by Crippen LogP contribution is 2.30. The van der Waals surface area contributed by atoms with Crippen molar-refractivity contribution < 1.29 is 24.0 Å². The highest BCUT2D eigenvalue weighted by atomic mass is 16.6. The Bertz CT molecular complexity index is 818. The summed E-state index contributed by atoms with van der Waals surface area (Å²) in [5.41, 5.74) is 1.08. The Hall–Kier alpha value is -3.22. The molecule has 0 unspecified atom stereocenters. The Morgan fingerprint density at radius 2 is 1.74 bits per heavy atom. The topological polar surface area (TPSA) is 95.7 Å². The zero-order valence-electron chi connectivity index (χ0n) is 14.6. The van der Waals surface area contributed by atoms with E-state index in [-0.39, 0.29) is 35.8 Å². The second-order valence-electron chi connectivity index (χ2n) is 6.43. The third-order valence-electron chi connectivity index (χ3n) is 4.53. The average Bonchev–Trinajstić information content (AvgIpc) is 3.15. The fourth-order valence-electron chi connectivity index (χ4n) is 3.05. The number of carbonyl (C=O) groups excluding carboxylic acids is 2. The first-order valence-electron chi connectivity index (χ1n) is 8.69. The summed E-state index contributed by atoms with van der Waals surface area (Å²) in [5, 5.41) is 10.7. The standard InChI is InChI=1S/C20H19NO6/c22-19(26-13-14-4-2-1-3-5-14)16-8-11-18(12-16)27-20(23)15-6-9-17(10-7-15)21(24)25/h1-7,9-10,16,18H,8,11-13H2/t16-,18+/m1/s1. The molecule has 0 heterocycles. The molecule has 3 rings (SSSR count). The van der Waals surface area contributed by atoms with E-state index in [1.165, 1.54) is 24.3 Å². The van der Waals surface area contributed by atoms with Gasteiger partial charge in [0.05, 0.1) is 16.4 Å². The van der Waals surface area contributed by atoms with Crippen LogP contribution < -0.4 is 0 Å². The molecule has 0 bridgehead atoms. The Morgan fingerprint density at radius 1 is 1.04 bits per heavy atom. The number of hydrogen-bond acceptors (Lipinski definition) is 6. The van der Waals surface area contributed by atoms with Gasteiger partial charge in [-0.15, -0.1) is 0 Å². The lowest BCUT2D eigenvalue weighted by Crippen LogP contribution is -2.19. The van der Waals surface area contributed by atoms with Crippen molar-refractivity contribution in [1.29, 1.82) is 0 Å². The summed E-state index contributed by atoms with van der Waals surface area (Å²) in [4.78, 5) is 34.5. The van der Waals surface area contributed by atoms with E-state index >= 15 is 0 Å². The molecule has 0 spiro atoms. The Morgan fingerprint density at radius 3 is 2.41 bits per heavy atom. The number of rotatable bonds is 6. The number of benzene rings is 2. The minimum absolute atomic E-state index is 0.0892. The van der Waals surface area contributed by atoms with E-state index in [0.717, 1.165) is 5.56 Å². The van der Waals surface area contributed by atoms with Gasteiger partial charge in [0.2, 0.25) is 0 Å². The van der Waals surface area contributed by atoms with Crippen molar-refractivity contribution in [2.24, 2.45) is 5.92 Å². The summed E-state index contributed by atoms with van der Waals surface area (Å²) in [7, 11) is 0. The number of non-ortho nitro benzene ring substituents is 1. The molecule has 0 aliphatic heterocycles. The van der Waals surface area contributed by atoms with Crippen LogP contribution in [-0.4, -0.2) is 23.0 Å². The number of nitro benzene ring substituents is 1. The molecule has 1 aliphatic carbocycles. The Labute approximate surface area is 156 Å². The van der Waals surface area contributed by atoms with Gasteiger partial charge >= 0.3 is 11.9 Å². The van der Waals surface area contributed by atoms with Crippen LogP contribution in [0, 0.1) is 16.0 Å². The van der Waals surface area contributed by atoms with Crippen LogP contribution in [0.5, 0.6) is 0 Å². The fraction of sp³-hybridized carbons (Fsp3) is 0.300. The van der Waals surface area contributed by atoms with Gasteiger partial charge in [-0.3, -0.25) is 14.9 Å². The van der Waals surface area contributed by atoms with Crippen molar-refractivity contribution in [1.82, 2.24) is 0 Å². The molecule has 140 valence electrons. The van der Waals surface area contributed by atoms with Gasteiger partial charge in [0.25, 0.3) is 5.69 Å². The van der Waals surface area contributed by atoms with E-state index in [1.54, 1.807) is 0 Å². The Kier molecular flexibility index (Phi) is 5.80. The van der Waals surface area contributed by atoms with Crippen molar-refractivity contribution >= 4 is 17.6 Å². The lowest BCUT2D eigenvalue weighted by atomic mass is 10.1. The van der Waals surface area contributed by atoms with E-state index in [9.17, 15) is 19.7 Å². The summed E-state index contributed by atoms with van der Waals surface area (Å²) in [5.74, 6) is -1.12. The largest absolute Gasteiger partial charge is 0.461 e. The van der Waals surface area contributed by atoms with Crippen molar-refractivity contribution in [3.8, 4) is 0 Å². The number of nitrogens with zero attached hydrogens (tertiary/aromatic N) is 1. The van der Waals surface area contributed by atoms with E-state index in [4.69, 9.17) is 9.47 Å². The minimum atomic E-state index is -0.548. The molecule has 0 radical (unpaired) electrons. The van der Waals surface area contributed by atoms with Gasteiger partial charge < -0.3 is 9.47 Å². The fourth-order valence-corrected chi connectivity index (χ4v) is 3.05. The van der Waals surface area contributed by atoms with E-state index in [2.05, 4.69) is 0 Å². The third-order valence-corrected chi connectivity index (χ3v) is 4.53. The van der Waals surface area contributed by atoms with Gasteiger partial charge in [0.15, 0.2) is 0 Å². The van der Waals surface area contributed by atoms with E-state index in [1.807, 2.05) is 30.3 Å². The van der Waals surface area contributed by atoms with Gasteiger partial charge in [-0.25, -0.2) is 4.79 Å². The first-order chi connectivity index (χ1) is 13.0. The first-order valence-corrected chi connectivity index (χ1v) is 8.69. The summed E-state index contributed by atoms with van der Waals surface area (Å²) in [6.07, 6.45) is 1.25. The zero-order chi connectivity index (χ0) is 19.2. The van der Waals surface area contributed by atoms with E-state index < -0.39 is 10.9 Å². The quantitative estimate of drug-likeness (QED) is 0.438. The minimum Gasteiger partial charge on any atom is -0.461 e. The van der Waals surface area contributed by atoms with Crippen molar-refractivity contribution in [2.75, 3.05) is 0 Å². The first kappa shape index (κ1) is 18.6. The molecule has 0 aromatic heterocycles. The molecular formula is C20H19NO6. The van der Waals surface area contributed by atoms with Crippen LogP contribution in [0.2, 0.25) is 0 Å². The van der Waals surface area contributed by atoms with Gasteiger partial charge in [-0.1, -0.05) is 30.3 Å². The lowest BCUT2D eigenvalue weighted by Gasteiger charge is -2.13. The van der Waals surface area contributed by atoms with Crippen molar-refractivity contribution in [2.45, 2.75) is 32.0 Å². The normalized spacial score (nSPS) is 18.7. The molecule has 7 nitrogen and oxygen atoms in total. The molecular weight excluding hydrogens is 350 g/mol. The Balaban J connectivity index is 1.48. The molecule has 0 N–H and O–H groups in total. The molecule has 0 saturated heterocycles. The predicted molar refractivity (Wildman–Crippen MR) is 95.9 cm³/mol. The predicted octanol–water partition coefficient (Wildman–Crippen LogP) is 3.66. The van der Waals surface area contributed by atoms with Crippen LogP contribution in [0.1, 0.15) is 35.2 Å². The maximum absolute atomic E-state index is 12.2. The van der Waals surface area contributed by atoms with Gasteiger partial charge in [-0.2, -0.15) is 0 Å². The highest BCUT2D eigenvalue weighted by molar-refractivity contribution is 5.89. The van der Waals surface area contributed by atoms with Crippen molar-refractivity contribution in [3.05, 3.63) is 75.8 Å². The maximum atomic E-state index is 12.2. The van der Waals surface area contributed by atoms with Crippen LogP contribution >= 0.6 is 0 Å². The van der Waals surface area contributed by atoms with Gasteiger partial charge in [0.1, 0.15) is 12.7 Å². The molecule has 2 aromatic carbocycles. The number of nitro groups is 1. The smallest absolute Gasteiger partial charge is 0.338 e. The van der Waals surface area contributed by atoms with Crippen molar-refractivity contribution in [3.63, 3.8) is 0 Å². The number of ether oxygens (including phenoxy) is 2. The number of carbonyl (C=O) groups is 2. The molecule has 7 heteroatoms. The zero-order valence-corrected chi connectivity index (χ0v) is 14.6. The molecule has 1 aliphatic rings. The summed E-state index contributed by atoms with van der Waals surface area (Å²) < 4.78 is 10.8. The molecule has 1 saturated carbocycles. The molecule has 1 fully saturated rings. The van der Waals surface area contributed by atoms with Gasteiger partial charge in [0, 0.05) is 12.1 Å². The number of hydrogen-bond donors (Lipinski definition) is 0. The second-order valence-corrected chi connectivity index (χ2v) is 6.43. The second kappa shape index (κ2) is 8.44. The molecule has 2 atom stereocenters. The molecule has 27 heavy (non-hydrogen) atoms. The van der Waals surface area contributed by atoms with Crippen LogP contribution in [0.25, 0.3) is 0 Å². The van der Waals surface area contributed by atoms with Crippen LogP contribution in [-0.2, 0) is 20.9 Å². The summed E-state index contributed by atoms with van der Waals surface area (Å²) >= 11 is 0. The molecule has 2 aromatic rings. The van der Waals surface area contributed by atoms with Crippen LogP contribution in [0.15, 0.2) is 54.6 Å². The highest BCUT2D eigenvalue weighted by Gasteiger charge is 2.33. The monoisotopic (exact) mass is 369 g/mol. The summed E-state index contributed by atoms with van der Waals surface area (Å²) in [6.45, 7) is 0.226. The lowest BCUT2D eigenvalue weighted by molar-refractivity contribution is -0.384. The van der Waals surface area contributed by atoms with Crippen LogP contribution in [0.4, 0.5) is 5.69 Å². The SMILES string of the molecule is O=C(O[C@H]1CC[C@@H](C(=O)OCc2ccccc2)C1)c1ccc([N+](=O)[O-])cc1. The van der Waals surface area contributed by atoms with Crippen LogP contribution in [0.3, 0.4) is 0 Å². The maximum Gasteiger partial charge on any atom is 0.338 e. The van der Waals surface area contributed by atoms with Gasteiger partial charge in [-0.05, 0) is 37.0 Å². The molecule has 0 amide bonds. The van der Waals surface area contributed by atoms with E-state index in [0.29, 0.717) is 19.3 Å². The third kappa shape index (κ3) is 4.91. The summed E-state index contributed by atoms with van der Waals surface area (Å²) in [6, 6.07) is 14.7. The number of esters is 2. The average molecular weight is 369 g/mol.